The van der Waals surface area contributed by atoms with Crippen molar-refractivity contribution in [2.75, 3.05) is 0 Å². The van der Waals surface area contributed by atoms with Crippen LogP contribution in [0.1, 0.15) is 21.3 Å². The lowest BCUT2D eigenvalue weighted by Crippen LogP contribution is -3.11. The second kappa shape index (κ2) is 5.25. The number of carbonyl (C=O) groups is 2. The highest BCUT2D eigenvalue weighted by atomic mass is 32.2. The predicted octanol–water partition coefficient (Wildman–Crippen LogP) is 2.42. The van der Waals surface area contributed by atoms with E-state index in [4.69, 9.17) is 0 Å². The van der Waals surface area contributed by atoms with Crippen LogP contribution in [0.2, 0.25) is 0 Å². The zero-order chi connectivity index (χ0) is 17.0. The standard InChI is InChI=1S/C17H9F2NO3S/c18-10-6-9-12(7-11(10)19)20-15(8-4-2-1-3-5-8)24-16(20)13(14(9)21)17(22)23/h1-7,15H,(H,22,23)/p+1. The van der Waals surface area contributed by atoms with Crippen LogP contribution in [0.5, 0.6) is 0 Å². The maximum Gasteiger partial charge on any atom is 0.346 e. The first kappa shape index (κ1) is 15.0. The summed E-state index contributed by atoms with van der Waals surface area (Å²) >= 11 is 1.25. The van der Waals surface area contributed by atoms with E-state index in [0.29, 0.717) is 9.93 Å². The number of aliphatic carboxylic acids is 1. The van der Waals surface area contributed by atoms with E-state index in [0.717, 1.165) is 17.7 Å². The minimum atomic E-state index is -1.36. The highest BCUT2D eigenvalue weighted by Crippen LogP contribution is 2.44. The number of hydrogen-bond acceptors (Lipinski definition) is 3. The van der Waals surface area contributed by atoms with Crippen LogP contribution in [0, 0.1) is 11.6 Å². The topological polar surface area (TPSA) is 58.8 Å². The van der Waals surface area contributed by atoms with Gasteiger partial charge in [-0.25, -0.2) is 18.5 Å². The summed E-state index contributed by atoms with van der Waals surface area (Å²) in [5.74, 6) is -4.37. The number of thioether (sulfide) groups is 1. The summed E-state index contributed by atoms with van der Waals surface area (Å²) < 4.78 is 27.3. The number of quaternary nitrogens is 1. The van der Waals surface area contributed by atoms with Crippen molar-refractivity contribution in [3.63, 3.8) is 0 Å². The van der Waals surface area contributed by atoms with Crippen molar-refractivity contribution in [2.24, 2.45) is 0 Å². The van der Waals surface area contributed by atoms with Crippen molar-refractivity contribution in [3.05, 3.63) is 75.8 Å². The van der Waals surface area contributed by atoms with Crippen molar-refractivity contribution in [1.29, 1.82) is 0 Å². The second-order valence-electron chi connectivity index (χ2n) is 5.47. The lowest BCUT2D eigenvalue weighted by atomic mass is 9.96. The van der Waals surface area contributed by atoms with E-state index < -0.39 is 23.4 Å². The molecule has 0 aromatic heterocycles. The molecule has 1 fully saturated rings. The molecule has 7 heteroatoms. The molecule has 1 saturated heterocycles. The van der Waals surface area contributed by atoms with Gasteiger partial charge in [0.15, 0.2) is 33.3 Å². The van der Waals surface area contributed by atoms with Crippen molar-refractivity contribution in [1.82, 2.24) is 0 Å². The summed E-state index contributed by atoms with van der Waals surface area (Å²) in [7, 11) is 0. The SMILES string of the molecule is O=C(O)C1=C2SC(c3ccccc3)[NH+]2c2cc(F)c(F)cc2C1=O. The average Bonchev–Trinajstić information content (AvgIpc) is 2.53. The molecule has 2 atom stereocenters. The summed E-state index contributed by atoms with van der Waals surface area (Å²) in [6, 6.07) is 11.0. The van der Waals surface area contributed by atoms with Crippen molar-refractivity contribution in [2.45, 2.75) is 5.37 Å². The Bertz CT molecular complexity index is 927. The Morgan fingerprint density at radius 3 is 2.46 bits per heavy atom. The van der Waals surface area contributed by atoms with Gasteiger partial charge in [0.2, 0.25) is 5.78 Å². The molecule has 2 aliphatic heterocycles. The number of carbonyl (C=O) groups excluding carboxylic acids is 1. The van der Waals surface area contributed by atoms with Gasteiger partial charge in [-0.05, 0) is 6.07 Å². The summed E-state index contributed by atoms with van der Waals surface area (Å²) in [6.45, 7) is 0. The maximum absolute atomic E-state index is 13.7. The third-order valence-electron chi connectivity index (χ3n) is 4.11. The number of carboxylic acid groups (broad SMARTS) is 1. The van der Waals surface area contributed by atoms with E-state index in [-0.39, 0.29) is 22.2 Å². The lowest BCUT2D eigenvalue weighted by molar-refractivity contribution is -0.815. The lowest BCUT2D eigenvalue weighted by Gasteiger charge is -2.40. The van der Waals surface area contributed by atoms with Crippen LogP contribution in [-0.4, -0.2) is 16.9 Å². The van der Waals surface area contributed by atoms with E-state index in [1.54, 1.807) is 0 Å². The van der Waals surface area contributed by atoms with E-state index in [9.17, 15) is 23.5 Å². The number of carboxylic acids is 1. The second-order valence-corrected chi connectivity index (χ2v) is 6.59. The van der Waals surface area contributed by atoms with E-state index >= 15 is 0 Å². The predicted molar refractivity (Wildman–Crippen MR) is 82.7 cm³/mol. The molecule has 0 bridgehead atoms. The molecule has 0 spiro atoms. The van der Waals surface area contributed by atoms with Gasteiger partial charge >= 0.3 is 5.97 Å². The Balaban J connectivity index is 1.91. The van der Waals surface area contributed by atoms with Crippen LogP contribution in [0.4, 0.5) is 14.5 Å². The van der Waals surface area contributed by atoms with Crippen LogP contribution in [-0.2, 0) is 4.79 Å². The third kappa shape index (κ3) is 2.02. The summed E-state index contributed by atoms with van der Waals surface area (Å²) in [6.07, 6.45) is 0. The Labute approximate surface area is 139 Å². The van der Waals surface area contributed by atoms with Gasteiger partial charge in [0.05, 0.1) is 5.56 Å². The highest BCUT2D eigenvalue weighted by molar-refractivity contribution is 8.04. The number of ketones is 1. The van der Waals surface area contributed by atoms with Crippen LogP contribution in [0.3, 0.4) is 0 Å². The number of benzene rings is 2. The van der Waals surface area contributed by atoms with Crippen LogP contribution >= 0.6 is 11.8 Å². The zero-order valence-electron chi connectivity index (χ0n) is 12.0. The van der Waals surface area contributed by atoms with E-state index in [1.807, 2.05) is 30.3 Å². The number of hydrogen-bond donors (Lipinski definition) is 2. The first-order valence-corrected chi connectivity index (χ1v) is 7.97. The monoisotopic (exact) mass is 346 g/mol. The molecule has 24 heavy (non-hydrogen) atoms. The Morgan fingerprint density at radius 1 is 1.12 bits per heavy atom. The molecule has 120 valence electrons. The summed E-state index contributed by atoms with van der Waals surface area (Å²) in [4.78, 5) is 24.5. The molecule has 4 rings (SSSR count). The zero-order valence-corrected chi connectivity index (χ0v) is 12.9. The molecule has 2 aliphatic rings. The molecule has 2 aromatic carbocycles. The average molecular weight is 346 g/mol. The fourth-order valence-corrected chi connectivity index (χ4v) is 4.37. The molecule has 2 heterocycles. The van der Waals surface area contributed by atoms with Gasteiger partial charge in [-0.1, -0.05) is 30.3 Å². The molecular formula is C17H10F2NO3S+. The number of nitrogens with one attached hydrogen (secondary N) is 1. The minimum Gasteiger partial charge on any atom is -0.477 e. The molecule has 0 aliphatic carbocycles. The Morgan fingerprint density at radius 2 is 1.79 bits per heavy atom. The van der Waals surface area contributed by atoms with Crippen LogP contribution in [0.25, 0.3) is 0 Å². The summed E-state index contributed by atoms with van der Waals surface area (Å²) in [5.41, 5.74) is 0.703. The molecule has 0 saturated carbocycles. The summed E-state index contributed by atoms with van der Waals surface area (Å²) in [5, 5.41) is 9.48. The van der Waals surface area contributed by atoms with Gasteiger partial charge in [-0.2, -0.15) is 0 Å². The van der Waals surface area contributed by atoms with Gasteiger partial charge in [0, 0.05) is 23.4 Å². The molecular weight excluding hydrogens is 336 g/mol. The van der Waals surface area contributed by atoms with Gasteiger partial charge in [-0.15, -0.1) is 0 Å². The molecule has 4 nitrogen and oxygen atoms in total. The first-order valence-electron chi connectivity index (χ1n) is 7.09. The van der Waals surface area contributed by atoms with E-state index in [2.05, 4.69) is 0 Å². The van der Waals surface area contributed by atoms with Gasteiger partial charge in [0.25, 0.3) is 0 Å². The maximum atomic E-state index is 13.7. The number of halogens is 2. The van der Waals surface area contributed by atoms with Crippen molar-refractivity contribution in [3.8, 4) is 0 Å². The van der Waals surface area contributed by atoms with Gasteiger partial charge < -0.3 is 5.11 Å². The van der Waals surface area contributed by atoms with Crippen molar-refractivity contribution >= 4 is 29.2 Å². The Hall–Kier alpha value is -2.51. The van der Waals surface area contributed by atoms with Crippen LogP contribution < -0.4 is 4.90 Å². The number of fused-ring (bicyclic) bond motifs is 3. The normalized spacial score (nSPS) is 21.8. The van der Waals surface area contributed by atoms with Gasteiger partial charge in [-0.3, -0.25) is 4.79 Å². The number of Topliss-reactive ketones (excluding diaryl/α,β-unsaturated/α-hetero) is 1. The number of rotatable bonds is 2. The fourth-order valence-electron chi connectivity index (χ4n) is 3.01. The molecule has 2 unspecified atom stereocenters. The molecule has 0 amide bonds. The molecule has 0 radical (unpaired) electrons. The third-order valence-corrected chi connectivity index (χ3v) is 5.51. The van der Waals surface area contributed by atoms with E-state index in [1.165, 1.54) is 11.8 Å². The Kier molecular flexibility index (Phi) is 3.29. The first-order chi connectivity index (χ1) is 11.5. The largest absolute Gasteiger partial charge is 0.477 e. The minimum absolute atomic E-state index is 0.105. The molecule has 2 aromatic rings. The van der Waals surface area contributed by atoms with Crippen LogP contribution in [0.15, 0.2) is 53.1 Å². The van der Waals surface area contributed by atoms with Gasteiger partial charge in [0.1, 0.15) is 0 Å². The fraction of sp³-hybridized carbons (Fsp3) is 0.0588. The molecule has 2 N–H and O–H groups in total. The quantitative estimate of drug-likeness (QED) is 0.820. The smallest absolute Gasteiger partial charge is 0.346 e. The highest BCUT2D eigenvalue weighted by Gasteiger charge is 2.53. The van der Waals surface area contributed by atoms with Crippen molar-refractivity contribution < 1.29 is 28.4 Å².